The van der Waals surface area contributed by atoms with Crippen molar-refractivity contribution in [2.75, 3.05) is 0 Å². The minimum Gasteiger partial charge on any atom is -0.294 e. The molecule has 3 nitrogen and oxygen atoms in total. The molecule has 41 heavy (non-hydrogen) atoms. The van der Waals surface area contributed by atoms with Crippen LogP contribution in [0.15, 0.2) is 78.9 Å². The quantitative estimate of drug-likeness (QED) is 0.193. The molecule has 0 radical (unpaired) electrons. The van der Waals surface area contributed by atoms with Gasteiger partial charge in [-0.15, -0.1) is 0 Å². The number of carbonyl (C=O) groups is 3. The summed E-state index contributed by atoms with van der Waals surface area (Å²) >= 11 is 0. The van der Waals surface area contributed by atoms with Crippen LogP contribution >= 0.6 is 0 Å². The average molecular weight is 541 g/mol. The Labute approximate surface area is 242 Å². The molecule has 0 aliphatic heterocycles. The third kappa shape index (κ3) is 5.02. The molecule has 0 amide bonds. The highest BCUT2D eigenvalue weighted by Crippen LogP contribution is 2.42. The number of benzene rings is 1. The summed E-state index contributed by atoms with van der Waals surface area (Å²) < 4.78 is 0. The fraction of sp³-hybridized carbons (Fsp3) is 0.237. The zero-order valence-electron chi connectivity index (χ0n) is 24.9. The molecule has 4 aliphatic rings. The second-order valence-electron chi connectivity index (χ2n) is 11.7. The SMILES string of the molecule is CC(=O)c1cc(C(=O)c2cc(C(=O)c3ccccc3)c3c(C)ccc(C(C)C)cc2-3)c2cc(C(C)C)ccc(C)c1-2. The predicted molar refractivity (Wildman–Crippen MR) is 167 cm³/mol. The second kappa shape index (κ2) is 10.9. The van der Waals surface area contributed by atoms with Gasteiger partial charge in [0.25, 0.3) is 0 Å². The number of aryl methyl sites for hydroxylation is 2. The minimum atomic E-state index is -0.180. The van der Waals surface area contributed by atoms with E-state index < -0.39 is 0 Å². The van der Waals surface area contributed by atoms with Crippen molar-refractivity contribution in [3.8, 4) is 22.3 Å². The van der Waals surface area contributed by atoms with Crippen LogP contribution < -0.4 is 0 Å². The molecular formula is C38H36O3. The number of hydrogen-bond acceptors (Lipinski definition) is 3. The number of Topliss-reactive ketones (excluding diaryl/α,β-unsaturated/α-hetero) is 1. The molecule has 0 spiro atoms. The maximum absolute atomic E-state index is 14.6. The number of ketones is 3. The lowest BCUT2D eigenvalue weighted by atomic mass is 9.94. The van der Waals surface area contributed by atoms with E-state index in [-0.39, 0.29) is 29.2 Å². The average Bonchev–Trinajstić information content (AvgIpc) is 3.40. The summed E-state index contributed by atoms with van der Waals surface area (Å²) in [6.07, 6.45) is 0. The molecule has 0 saturated heterocycles. The normalized spacial score (nSPS) is 11.5. The first-order valence-corrected chi connectivity index (χ1v) is 14.3. The van der Waals surface area contributed by atoms with E-state index in [1.165, 1.54) is 0 Å². The van der Waals surface area contributed by atoms with E-state index in [1.807, 2.05) is 44.2 Å². The summed E-state index contributed by atoms with van der Waals surface area (Å²) in [4.78, 5) is 41.3. The first-order valence-electron chi connectivity index (χ1n) is 14.3. The van der Waals surface area contributed by atoms with E-state index in [2.05, 4.69) is 52.0 Å². The molecule has 0 unspecified atom stereocenters. The monoisotopic (exact) mass is 540 g/mol. The van der Waals surface area contributed by atoms with E-state index in [1.54, 1.807) is 31.2 Å². The van der Waals surface area contributed by atoms with Crippen LogP contribution in [0.3, 0.4) is 0 Å². The molecular weight excluding hydrogens is 504 g/mol. The van der Waals surface area contributed by atoms with Crippen molar-refractivity contribution in [3.63, 3.8) is 0 Å². The summed E-state index contributed by atoms with van der Waals surface area (Å²) in [5.41, 5.74) is 9.84. The van der Waals surface area contributed by atoms with Gasteiger partial charge in [-0.2, -0.15) is 0 Å². The van der Waals surface area contributed by atoms with Gasteiger partial charge in [-0.1, -0.05) is 94.4 Å². The van der Waals surface area contributed by atoms with E-state index in [0.717, 1.165) is 44.5 Å². The Balaban J connectivity index is 1.82. The zero-order chi connectivity index (χ0) is 29.6. The number of fused-ring (bicyclic) bond motifs is 2. The van der Waals surface area contributed by atoms with Crippen molar-refractivity contribution in [2.24, 2.45) is 0 Å². The van der Waals surface area contributed by atoms with Gasteiger partial charge < -0.3 is 0 Å². The summed E-state index contributed by atoms with van der Waals surface area (Å²) in [6, 6.07) is 25.1. The Morgan fingerprint density at radius 2 is 1.00 bits per heavy atom. The van der Waals surface area contributed by atoms with Crippen molar-refractivity contribution in [1.29, 1.82) is 0 Å². The van der Waals surface area contributed by atoms with Crippen molar-refractivity contribution < 1.29 is 14.4 Å². The van der Waals surface area contributed by atoms with Crippen LogP contribution in [0.1, 0.15) is 111 Å². The van der Waals surface area contributed by atoms with Crippen LogP contribution in [0.2, 0.25) is 0 Å². The highest BCUT2D eigenvalue weighted by atomic mass is 16.1. The van der Waals surface area contributed by atoms with E-state index in [9.17, 15) is 14.4 Å². The summed E-state index contributed by atoms with van der Waals surface area (Å²) in [5.74, 6) is 0.103. The first kappa shape index (κ1) is 28.2. The summed E-state index contributed by atoms with van der Waals surface area (Å²) in [7, 11) is 0. The van der Waals surface area contributed by atoms with Gasteiger partial charge >= 0.3 is 0 Å². The van der Waals surface area contributed by atoms with Gasteiger partial charge in [0.2, 0.25) is 0 Å². The van der Waals surface area contributed by atoms with Crippen LogP contribution in [0.25, 0.3) is 22.3 Å². The molecule has 0 atom stereocenters. The molecule has 206 valence electrons. The van der Waals surface area contributed by atoms with Gasteiger partial charge in [0, 0.05) is 27.8 Å². The maximum Gasteiger partial charge on any atom is 0.194 e. The number of carbonyl (C=O) groups excluding carboxylic acids is 3. The van der Waals surface area contributed by atoms with Crippen LogP contribution in [-0.4, -0.2) is 17.3 Å². The van der Waals surface area contributed by atoms with Crippen molar-refractivity contribution in [3.05, 3.63) is 129 Å². The van der Waals surface area contributed by atoms with Crippen molar-refractivity contribution in [2.45, 2.75) is 60.3 Å². The standard InChI is InChI=1S/C38H36O3/c1-21(2)27-15-13-23(5)35-29(25(7)39)19-32(30(35)17-27)38(41)33-20-34(37(40)26-11-9-8-10-12-26)36-24(6)14-16-28(22(3)4)18-31(33)36/h8-22H,1-7H3. The topological polar surface area (TPSA) is 51.2 Å². The van der Waals surface area contributed by atoms with Gasteiger partial charge in [-0.05, 0) is 89.2 Å². The van der Waals surface area contributed by atoms with Gasteiger partial charge in [0.05, 0.1) is 0 Å². The largest absolute Gasteiger partial charge is 0.294 e. The van der Waals surface area contributed by atoms with E-state index in [4.69, 9.17) is 0 Å². The Morgan fingerprint density at radius 1 is 0.537 bits per heavy atom. The lowest BCUT2D eigenvalue weighted by molar-refractivity contribution is 0.101. The lowest BCUT2D eigenvalue weighted by Crippen LogP contribution is -2.02. The summed E-state index contributed by atoms with van der Waals surface area (Å²) in [6.45, 7) is 14.0. The summed E-state index contributed by atoms with van der Waals surface area (Å²) in [5, 5.41) is 0. The fourth-order valence-corrected chi connectivity index (χ4v) is 5.78. The highest BCUT2D eigenvalue weighted by Gasteiger charge is 2.31. The Kier molecular flexibility index (Phi) is 7.48. The Morgan fingerprint density at radius 3 is 1.46 bits per heavy atom. The zero-order valence-corrected chi connectivity index (χ0v) is 24.9. The molecule has 0 aromatic heterocycles. The fourth-order valence-electron chi connectivity index (χ4n) is 5.78. The molecule has 1 aromatic rings. The smallest absolute Gasteiger partial charge is 0.194 e. The molecule has 3 heteroatoms. The predicted octanol–water partition coefficient (Wildman–Crippen LogP) is 9.42. The molecule has 0 heterocycles. The number of hydrogen-bond donors (Lipinski definition) is 0. The van der Waals surface area contributed by atoms with Gasteiger partial charge in [0.15, 0.2) is 17.3 Å². The van der Waals surface area contributed by atoms with Gasteiger partial charge in [-0.3, -0.25) is 14.4 Å². The highest BCUT2D eigenvalue weighted by molar-refractivity contribution is 6.24. The van der Waals surface area contributed by atoms with Crippen molar-refractivity contribution >= 4 is 17.3 Å². The van der Waals surface area contributed by atoms with E-state index in [0.29, 0.717) is 27.8 Å². The van der Waals surface area contributed by atoms with Crippen molar-refractivity contribution in [1.82, 2.24) is 0 Å². The maximum atomic E-state index is 14.6. The molecule has 4 aliphatic carbocycles. The molecule has 0 fully saturated rings. The van der Waals surface area contributed by atoms with E-state index >= 15 is 0 Å². The first-order chi connectivity index (χ1) is 19.5. The third-order valence-corrected chi connectivity index (χ3v) is 8.18. The van der Waals surface area contributed by atoms with Crippen LogP contribution in [-0.2, 0) is 0 Å². The molecule has 0 N–H and O–H groups in total. The van der Waals surface area contributed by atoms with Crippen LogP contribution in [0.5, 0.6) is 0 Å². The molecule has 0 saturated carbocycles. The Hall–Kier alpha value is -4.37. The Bertz CT molecular complexity index is 1750. The minimum absolute atomic E-state index is 0.0777. The second-order valence-corrected chi connectivity index (χ2v) is 11.7. The molecule has 1 aromatic carbocycles. The molecule has 0 bridgehead atoms. The third-order valence-electron chi connectivity index (χ3n) is 8.18. The lowest BCUT2D eigenvalue weighted by Gasteiger charge is -2.08. The molecule has 5 rings (SSSR count). The van der Waals surface area contributed by atoms with Crippen LogP contribution in [0, 0.1) is 13.8 Å². The van der Waals surface area contributed by atoms with Gasteiger partial charge in [-0.25, -0.2) is 0 Å². The van der Waals surface area contributed by atoms with Gasteiger partial charge in [0.1, 0.15) is 0 Å². The van der Waals surface area contributed by atoms with Crippen LogP contribution in [0.4, 0.5) is 0 Å². The number of rotatable bonds is 7.